The van der Waals surface area contributed by atoms with Crippen LogP contribution in [0.5, 0.6) is 0 Å². The fourth-order valence-electron chi connectivity index (χ4n) is 3.82. The Kier molecular flexibility index (Phi) is 4.88. The number of hydrogen-bond acceptors (Lipinski definition) is 3. The molecule has 0 radical (unpaired) electrons. The van der Waals surface area contributed by atoms with Gasteiger partial charge in [0.15, 0.2) is 0 Å². The Labute approximate surface area is 156 Å². The van der Waals surface area contributed by atoms with Crippen molar-refractivity contribution in [3.05, 3.63) is 69.7 Å². The highest BCUT2D eigenvalue weighted by molar-refractivity contribution is 9.10. The normalized spacial score (nSPS) is 25.4. The molecule has 0 aromatic heterocycles. The number of amides is 1. The van der Waals surface area contributed by atoms with Crippen molar-refractivity contribution < 1.29 is 4.79 Å². The maximum Gasteiger partial charge on any atom is 0.239 e. The Bertz CT molecular complexity index is 762. The second kappa shape index (κ2) is 7.28. The monoisotopic (exact) mass is 399 g/mol. The average molecular weight is 400 g/mol. The lowest BCUT2D eigenvalue weighted by Gasteiger charge is -2.27. The van der Waals surface area contributed by atoms with E-state index in [4.69, 9.17) is 0 Å². The quantitative estimate of drug-likeness (QED) is 0.739. The molecule has 1 amide bonds. The van der Waals surface area contributed by atoms with E-state index in [1.807, 2.05) is 12.1 Å². The molecule has 1 saturated heterocycles. The second-order valence-corrected chi connectivity index (χ2v) is 7.75. The first-order valence-electron chi connectivity index (χ1n) is 8.85. The van der Waals surface area contributed by atoms with Crippen molar-refractivity contribution in [2.75, 3.05) is 0 Å². The van der Waals surface area contributed by atoms with E-state index in [9.17, 15) is 4.79 Å². The van der Waals surface area contributed by atoms with E-state index < -0.39 is 0 Å². The van der Waals surface area contributed by atoms with Gasteiger partial charge >= 0.3 is 0 Å². The molecule has 4 nitrogen and oxygen atoms in total. The molecule has 3 N–H and O–H groups in total. The minimum absolute atomic E-state index is 0.0776. The third-order valence-corrected chi connectivity index (χ3v) is 5.71. The highest BCUT2D eigenvalue weighted by Gasteiger charge is 2.32. The van der Waals surface area contributed by atoms with Crippen molar-refractivity contribution in [2.24, 2.45) is 0 Å². The predicted octanol–water partition coefficient (Wildman–Crippen LogP) is 3.55. The number of hydrogen-bond donors (Lipinski definition) is 3. The summed E-state index contributed by atoms with van der Waals surface area (Å²) in [5.41, 5.74) is 10.2. The maximum atomic E-state index is 12.7. The largest absolute Gasteiger partial charge is 0.348 e. The molecule has 1 aliphatic heterocycles. The van der Waals surface area contributed by atoms with Crippen LogP contribution in [-0.4, -0.2) is 11.9 Å². The van der Waals surface area contributed by atoms with E-state index in [-0.39, 0.29) is 24.0 Å². The van der Waals surface area contributed by atoms with E-state index in [1.54, 1.807) is 0 Å². The lowest BCUT2D eigenvalue weighted by Crippen LogP contribution is -2.44. The lowest BCUT2D eigenvalue weighted by atomic mass is 9.87. The van der Waals surface area contributed by atoms with Gasteiger partial charge in [-0.05, 0) is 54.5 Å². The van der Waals surface area contributed by atoms with Gasteiger partial charge in [0.1, 0.15) is 6.04 Å². The molecule has 130 valence electrons. The van der Waals surface area contributed by atoms with E-state index in [0.717, 1.165) is 30.2 Å². The fraction of sp³-hybridized carbons (Fsp3) is 0.350. The summed E-state index contributed by atoms with van der Waals surface area (Å²) in [5.74, 6) is 0.0776. The number of aryl methyl sites for hydroxylation is 1. The Hall–Kier alpha value is -1.69. The van der Waals surface area contributed by atoms with Crippen molar-refractivity contribution in [3.8, 4) is 0 Å². The van der Waals surface area contributed by atoms with Crippen LogP contribution in [0.25, 0.3) is 0 Å². The van der Waals surface area contributed by atoms with Crippen molar-refractivity contribution in [1.82, 2.24) is 16.2 Å². The SMILES string of the molecule is O=C(NC1CCCc2ccccc21)C1CC(c2ccc(Br)cc2)NN1. The lowest BCUT2D eigenvalue weighted by molar-refractivity contribution is -0.123. The molecule has 0 spiro atoms. The van der Waals surface area contributed by atoms with Crippen molar-refractivity contribution in [2.45, 2.75) is 43.8 Å². The number of carbonyl (C=O) groups is 1. The number of hydrazine groups is 1. The molecule has 3 unspecified atom stereocenters. The standard InChI is InChI=1S/C20H22BrN3O/c21-15-10-8-14(9-11-15)18-12-19(24-23-18)20(25)22-17-7-3-5-13-4-1-2-6-16(13)17/h1-2,4,6,8-11,17-19,23-24H,3,5,7,12H2,(H,22,25). The van der Waals surface area contributed by atoms with Gasteiger partial charge in [-0.25, -0.2) is 10.9 Å². The van der Waals surface area contributed by atoms with Crippen LogP contribution >= 0.6 is 15.9 Å². The molecule has 25 heavy (non-hydrogen) atoms. The van der Waals surface area contributed by atoms with E-state index in [2.05, 4.69) is 68.5 Å². The fourth-order valence-corrected chi connectivity index (χ4v) is 4.08. The van der Waals surface area contributed by atoms with Crippen LogP contribution in [0.1, 0.15) is 48.0 Å². The molecule has 0 saturated carbocycles. The van der Waals surface area contributed by atoms with Gasteiger partial charge < -0.3 is 5.32 Å². The smallest absolute Gasteiger partial charge is 0.239 e. The van der Waals surface area contributed by atoms with Crippen LogP contribution in [0.3, 0.4) is 0 Å². The first kappa shape index (κ1) is 16.8. The summed E-state index contributed by atoms with van der Waals surface area (Å²) in [6.45, 7) is 0. The second-order valence-electron chi connectivity index (χ2n) is 6.83. The summed E-state index contributed by atoms with van der Waals surface area (Å²) in [4.78, 5) is 12.7. The van der Waals surface area contributed by atoms with Crippen LogP contribution in [-0.2, 0) is 11.2 Å². The summed E-state index contributed by atoms with van der Waals surface area (Å²) < 4.78 is 1.06. The van der Waals surface area contributed by atoms with E-state index in [1.165, 1.54) is 16.7 Å². The molecule has 2 aromatic rings. The summed E-state index contributed by atoms with van der Waals surface area (Å²) in [6, 6.07) is 16.8. The minimum atomic E-state index is -0.206. The molecule has 1 aliphatic carbocycles. The van der Waals surface area contributed by atoms with Gasteiger partial charge in [-0.1, -0.05) is 52.3 Å². The van der Waals surface area contributed by atoms with Gasteiger partial charge in [0.25, 0.3) is 0 Å². The average Bonchev–Trinajstić information content (AvgIpc) is 3.13. The Morgan fingerprint density at radius 2 is 1.88 bits per heavy atom. The molecular formula is C20H22BrN3O. The molecule has 5 heteroatoms. The van der Waals surface area contributed by atoms with Crippen LogP contribution in [0, 0.1) is 0 Å². The summed E-state index contributed by atoms with van der Waals surface area (Å²) in [6.07, 6.45) is 4.00. The van der Waals surface area contributed by atoms with Crippen LogP contribution in [0.4, 0.5) is 0 Å². The molecular weight excluding hydrogens is 378 g/mol. The topological polar surface area (TPSA) is 53.2 Å². The number of benzene rings is 2. The third-order valence-electron chi connectivity index (χ3n) is 5.18. The first-order valence-corrected chi connectivity index (χ1v) is 9.65. The van der Waals surface area contributed by atoms with Gasteiger partial charge in [-0.3, -0.25) is 4.79 Å². The van der Waals surface area contributed by atoms with Gasteiger partial charge in [0, 0.05) is 10.5 Å². The van der Waals surface area contributed by atoms with Crippen LogP contribution in [0.2, 0.25) is 0 Å². The number of carbonyl (C=O) groups excluding carboxylic acids is 1. The van der Waals surface area contributed by atoms with Gasteiger partial charge in [0.2, 0.25) is 5.91 Å². The zero-order chi connectivity index (χ0) is 17.2. The predicted molar refractivity (Wildman–Crippen MR) is 102 cm³/mol. The van der Waals surface area contributed by atoms with Crippen molar-refractivity contribution in [3.63, 3.8) is 0 Å². The number of rotatable bonds is 3. The van der Waals surface area contributed by atoms with Crippen LogP contribution < -0.4 is 16.2 Å². The number of fused-ring (bicyclic) bond motifs is 1. The summed E-state index contributed by atoms with van der Waals surface area (Å²) in [5, 5.41) is 3.25. The molecule has 1 heterocycles. The molecule has 4 rings (SSSR count). The summed E-state index contributed by atoms with van der Waals surface area (Å²) >= 11 is 3.46. The molecule has 1 fully saturated rings. The van der Waals surface area contributed by atoms with Crippen molar-refractivity contribution in [1.29, 1.82) is 0 Å². The molecule has 2 aromatic carbocycles. The minimum Gasteiger partial charge on any atom is -0.348 e. The maximum absolute atomic E-state index is 12.7. The van der Waals surface area contributed by atoms with E-state index >= 15 is 0 Å². The van der Waals surface area contributed by atoms with E-state index in [0.29, 0.717) is 0 Å². The highest BCUT2D eigenvalue weighted by Crippen LogP contribution is 2.30. The number of halogens is 1. The number of nitrogens with one attached hydrogen (secondary N) is 3. The zero-order valence-electron chi connectivity index (χ0n) is 14.0. The first-order chi connectivity index (χ1) is 12.2. The van der Waals surface area contributed by atoms with Crippen molar-refractivity contribution >= 4 is 21.8 Å². The Balaban J connectivity index is 1.40. The molecule has 3 atom stereocenters. The Morgan fingerprint density at radius 1 is 1.08 bits per heavy atom. The third kappa shape index (κ3) is 3.64. The van der Waals surface area contributed by atoms with Gasteiger partial charge in [-0.15, -0.1) is 0 Å². The Morgan fingerprint density at radius 3 is 2.72 bits per heavy atom. The van der Waals surface area contributed by atoms with Gasteiger partial charge in [0.05, 0.1) is 6.04 Å². The summed E-state index contributed by atoms with van der Waals surface area (Å²) in [7, 11) is 0. The zero-order valence-corrected chi connectivity index (χ0v) is 15.6. The molecule has 0 bridgehead atoms. The van der Waals surface area contributed by atoms with Gasteiger partial charge in [-0.2, -0.15) is 0 Å². The highest BCUT2D eigenvalue weighted by atomic mass is 79.9. The van der Waals surface area contributed by atoms with Crippen LogP contribution in [0.15, 0.2) is 53.0 Å². The molecule has 2 aliphatic rings.